The molecule has 0 aliphatic carbocycles. The molecule has 0 saturated carbocycles. The number of amides is 4. The van der Waals surface area contributed by atoms with Gasteiger partial charge < -0.3 is 37.6 Å². The fraction of sp³-hybridized carbons (Fsp3) is 0.737. The molecule has 0 heterocycles. The van der Waals surface area contributed by atoms with E-state index >= 15 is 0 Å². The molecule has 12 heteroatoms. The number of carboxylic acids is 1. The van der Waals surface area contributed by atoms with E-state index in [0.717, 1.165) is 0 Å². The lowest BCUT2D eigenvalue weighted by atomic mass is 9.96. The van der Waals surface area contributed by atoms with Gasteiger partial charge in [0.05, 0.1) is 12.6 Å². The van der Waals surface area contributed by atoms with Crippen LogP contribution in [0, 0.1) is 11.8 Å². The zero-order chi connectivity index (χ0) is 24.3. The van der Waals surface area contributed by atoms with Crippen molar-refractivity contribution in [2.24, 2.45) is 23.3 Å². The summed E-state index contributed by atoms with van der Waals surface area (Å²) in [6, 6.07) is -4.75. The van der Waals surface area contributed by atoms with Gasteiger partial charge in [-0.1, -0.05) is 34.1 Å². The topological polar surface area (TPSA) is 214 Å². The third kappa shape index (κ3) is 9.75. The van der Waals surface area contributed by atoms with Crippen molar-refractivity contribution in [3.63, 3.8) is 0 Å². The summed E-state index contributed by atoms with van der Waals surface area (Å²) in [5, 5.41) is 25.2. The first-order valence-electron chi connectivity index (χ1n) is 10.1. The van der Waals surface area contributed by atoms with Gasteiger partial charge in [0.25, 0.3) is 0 Å². The molecule has 0 aromatic carbocycles. The molecule has 0 radical (unpaired) electrons. The SMILES string of the molecule is CCC(C)C(NC(=O)C(N)C(C)C)C(=O)NC(CCC(N)=O)C(=O)NC(CO)C(=O)O. The number of nitrogens with two attached hydrogens (primary N) is 2. The van der Waals surface area contributed by atoms with Crippen LogP contribution in [0.5, 0.6) is 0 Å². The summed E-state index contributed by atoms with van der Waals surface area (Å²) in [4.78, 5) is 59.9. The minimum atomic E-state index is -1.59. The van der Waals surface area contributed by atoms with Gasteiger partial charge in [-0.05, 0) is 18.3 Å². The van der Waals surface area contributed by atoms with Crippen LogP contribution < -0.4 is 27.4 Å². The summed E-state index contributed by atoms with van der Waals surface area (Å²) in [6.45, 7) is 6.20. The highest BCUT2D eigenvalue weighted by Crippen LogP contribution is 2.11. The van der Waals surface area contributed by atoms with Crippen LogP contribution >= 0.6 is 0 Å². The maximum atomic E-state index is 12.9. The van der Waals surface area contributed by atoms with Crippen molar-refractivity contribution in [1.29, 1.82) is 0 Å². The molecule has 0 aromatic heterocycles. The minimum Gasteiger partial charge on any atom is -0.480 e. The Morgan fingerprint density at radius 3 is 1.87 bits per heavy atom. The highest BCUT2D eigenvalue weighted by Gasteiger charge is 2.32. The number of aliphatic carboxylic acids is 1. The van der Waals surface area contributed by atoms with Crippen LogP contribution in [-0.2, 0) is 24.0 Å². The van der Waals surface area contributed by atoms with E-state index in [1.54, 1.807) is 20.8 Å². The monoisotopic (exact) mass is 445 g/mol. The summed E-state index contributed by atoms with van der Waals surface area (Å²) in [7, 11) is 0. The zero-order valence-corrected chi connectivity index (χ0v) is 18.4. The quantitative estimate of drug-likeness (QED) is 0.155. The number of aliphatic hydroxyl groups is 1. The van der Waals surface area contributed by atoms with Crippen molar-refractivity contribution in [2.75, 3.05) is 6.61 Å². The summed E-state index contributed by atoms with van der Waals surface area (Å²) < 4.78 is 0. The van der Waals surface area contributed by atoms with E-state index in [1.807, 2.05) is 6.92 Å². The molecule has 0 aromatic rings. The van der Waals surface area contributed by atoms with Gasteiger partial charge in [0, 0.05) is 6.42 Å². The number of carbonyl (C=O) groups is 5. The number of hydrogen-bond acceptors (Lipinski definition) is 7. The zero-order valence-electron chi connectivity index (χ0n) is 18.4. The third-order valence-electron chi connectivity index (χ3n) is 4.92. The Bertz CT molecular complexity index is 656. The Morgan fingerprint density at radius 1 is 0.903 bits per heavy atom. The highest BCUT2D eigenvalue weighted by molar-refractivity contribution is 5.94. The Hall–Kier alpha value is -2.73. The average Bonchev–Trinajstić information content (AvgIpc) is 2.70. The van der Waals surface area contributed by atoms with Crippen molar-refractivity contribution < 1.29 is 34.2 Å². The van der Waals surface area contributed by atoms with Gasteiger partial charge in [-0.15, -0.1) is 0 Å². The first-order chi connectivity index (χ1) is 14.3. The Morgan fingerprint density at radius 2 is 1.45 bits per heavy atom. The fourth-order valence-corrected chi connectivity index (χ4v) is 2.53. The van der Waals surface area contributed by atoms with E-state index in [4.69, 9.17) is 21.7 Å². The average molecular weight is 446 g/mol. The van der Waals surface area contributed by atoms with Gasteiger partial charge in [0.2, 0.25) is 23.6 Å². The molecular weight excluding hydrogens is 410 g/mol. The van der Waals surface area contributed by atoms with Gasteiger partial charge in [0.1, 0.15) is 18.1 Å². The second-order valence-corrected chi connectivity index (χ2v) is 7.79. The van der Waals surface area contributed by atoms with Crippen LogP contribution in [0.25, 0.3) is 0 Å². The van der Waals surface area contributed by atoms with E-state index in [0.29, 0.717) is 6.42 Å². The first kappa shape index (κ1) is 28.3. The number of nitrogens with one attached hydrogen (secondary N) is 3. The normalized spacial score (nSPS) is 15.8. The predicted molar refractivity (Wildman–Crippen MR) is 111 cm³/mol. The van der Waals surface area contributed by atoms with Gasteiger partial charge >= 0.3 is 5.97 Å². The van der Waals surface area contributed by atoms with Crippen molar-refractivity contribution in [3.05, 3.63) is 0 Å². The first-order valence-corrected chi connectivity index (χ1v) is 10.1. The number of carboxylic acid groups (broad SMARTS) is 1. The predicted octanol–water partition coefficient (Wildman–Crippen LogP) is -2.19. The molecule has 0 aliphatic rings. The lowest BCUT2D eigenvalue weighted by molar-refractivity contribution is -0.143. The molecule has 0 saturated heterocycles. The van der Waals surface area contributed by atoms with E-state index in [2.05, 4.69) is 16.0 Å². The Kier molecular flexibility index (Phi) is 12.4. The molecule has 4 amide bonds. The number of hydrogen-bond donors (Lipinski definition) is 7. The number of primary amides is 1. The molecule has 0 fully saturated rings. The maximum Gasteiger partial charge on any atom is 0.328 e. The van der Waals surface area contributed by atoms with Gasteiger partial charge in [-0.2, -0.15) is 0 Å². The van der Waals surface area contributed by atoms with Crippen molar-refractivity contribution >= 4 is 29.6 Å². The standard InChI is InChI=1S/C19H35N5O7/c1-5-10(4)15(24-17(28)14(21)9(2)3)18(29)22-11(6-7-13(20)26)16(27)23-12(8-25)19(30)31/h9-12,14-15,25H,5-8,21H2,1-4H3,(H2,20,26)(H,22,29)(H,23,27)(H,24,28)(H,30,31). The highest BCUT2D eigenvalue weighted by atomic mass is 16.4. The van der Waals surface area contributed by atoms with Crippen LogP contribution in [-0.4, -0.2) is 70.6 Å². The molecule has 12 nitrogen and oxygen atoms in total. The summed E-state index contributed by atoms with van der Waals surface area (Å²) in [5.74, 6) is -4.81. The Balaban J connectivity index is 5.54. The lowest BCUT2D eigenvalue weighted by Gasteiger charge is -2.28. The second kappa shape index (κ2) is 13.5. The van der Waals surface area contributed by atoms with Gasteiger partial charge in [0.15, 0.2) is 0 Å². The molecule has 5 unspecified atom stereocenters. The van der Waals surface area contributed by atoms with Crippen molar-refractivity contribution in [1.82, 2.24) is 16.0 Å². The van der Waals surface area contributed by atoms with E-state index in [9.17, 15) is 24.0 Å². The third-order valence-corrected chi connectivity index (χ3v) is 4.92. The number of carbonyl (C=O) groups excluding carboxylic acids is 4. The van der Waals surface area contributed by atoms with Gasteiger partial charge in [-0.3, -0.25) is 19.2 Å². The van der Waals surface area contributed by atoms with E-state index < -0.39 is 60.4 Å². The molecule has 0 spiro atoms. The van der Waals surface area contributed by atoms with Crippen LogP contribution in [0.3, 0.4) is 0 Å². The van der Waals surface area contributed by atoms with E-state index in [1.165, 1.54) is 0 Å². The van der Waals surface area contributed by atoms with Crippen LogP contribution in [0.1, 0.15) is 47.0 Å². The summed E-state index contributed by atoms with van der Waals surface area (Å²) >= 11 is 0. The minimum absolute atomic E-state index is 0.166. The summed E-state index contributed by atoms with van der Waals surface area (Å²) in [5.41, 5.74) is 11.0. The molecule has 0 aliphatic heterocycles. The molecule has 9 N–H and O–H groups in total. The molecule has 5 atom stereocenters. The van der Waals surface area contributed by atoms with Crippen LogP contribution in [0.15, 0.2) is 0 Å². The maximum absolute atomic E-state index is 12.9. The number of aliphatic hydroxyl groups excluding tert-OH is 1. The molecule has 0 bridgehead atoms. The van der Waals surface area contributed by atoms with Crippen molar-refractivity contribution in [2.45, 2.75) is 71.1 Å². The Labute approximate surface area is 181 Å². The molecular formula is C19H35N5O7. The second-order valence-electron chi connectivity index (χ2n) is 7.79. The number of rotatable bonds is 14. The van der Waals surface area contributed by atoms with Crippen molar-refractivity contribution in [3.8, 4) is 0 Å². The summed E-state index contributed by atoms with van der Waals surface area (Å²) in [6.07, 6.45) is 0.0736. The molecule has 178 valence electrons. The van der Waals surface area contributed by atoms with Gasteiger partial charge in [-0.25, -0.2) is 4.79 Å². The molecule has 31 heavy (non-hydrogen) atoms. The van der Waals surface area contributed by atoms with E-state index in [-0.39, 0.29) is 24.7 Å². The van der Waals surface area contributed by atoms with Crippen LogP contribution in [0.4, 0.5) is 0 Å². The largest absolute Gasteiger partial charge is 0.480 e. The lowest BCUT2D eigenvalue weighted by Crippen LogP contribution is -2.59. The molecule has 0 rings (SSSR count). The fourth-order valence-electron chi connectivity index (χ4n) is 2.53. The smallest absolute Gasteiger partial charge is 0.328 e. The van der Waals surface area contributed by atoms with Crippen LogP contribution in [0.2, 0.25) is 0 Å².